The average molecular weight is 207 g/mol. The topological polar surface area (TPSA) is 43.1 Å². The smallest absolute Gasteiger partial charge is 0.150 e. The molecule has 0 bridgehead atoms. The fraction of sp³-hybridized carbons (Fsp3) is 0.667. The van der Waals surface area contributed by atoms with E-state index in [1.54, 1.807) is 0 Å². The van der Waals surface area contributed by atoms with E-state index in [0.717, 1.165) is 42.6 Å². The van der Waals surface area contributed by atoms with Gasteiger partial charge in [0.15, 0.2) is 5.76 Å². The summed E-state index contributed by atoms with van der Waals surface area (Å²) in [6.45, 7) is 6.19. The monoisotopic (exact) mass is 207 g/mol. The Morgan fingerprint density at radius 1 is 1.53 bits per heavy atom. The molecular formula is C12H17NO2. The van der Waals surface area contributed by atoms with Crippen LogP contribution in [0.4, 0.5) is 0 Å². The molecule has 3 heteroatoms. The summed E-state index contributed by atoms with van der Waals surface area (Å²) in [5, 5.41) is 3.97. The first-order valence-electron chi connectivity index (χ1n) is 5.46. The summed E-state index contributed by atoms with van der Waals surface area (Å²) in [4.78, 5) is 11.2. The average Bonchev–Trinajstić information content (AvgIpc) is 2.46. The van der Waals surface area contributed by atoms with E-state index in [9.17, 15) is 4.79 Å². The Morgan fingerprint density at radius 2 is 2.27 bits per heavy atom. The molecule has 1 aliphatic rings. The molecule has 0 spiro atoms. The maximum Gasteiger partial charge on any atom is 0.150 e. The number of rotatable bonds is 1. The number of aryl methyl sites for hydroxylation is 1. The van der Waals surface area contributed by atoms with Crippen molar-refractivity contribution in [2.75, 3.05) is 0 Å². The van der Waals surface area contributed by atoms with Gasteiger partial charge >= 0.3 is 0 Å². The van der Waals surface area contributed by atoms with Crippen LogP contribution in [0.1, 0.15) is 49.6 Å². The predicted octanol–water partition coefficient (Wildman–Crippen LogP) is 2.63. The Hall–Kier alpha value is -1.12. The maximum atomic E-state index is 11.2. The van der Waals surface area contributed by atoms with Crippen molar-refractivity contribution in [1.82, 2.24) is 5.16 Å². The lowest BCUT2D eigenvalue weighted by Gasteiger charge is -2.27. The molecule has 15 heavy (non-hydrogen) atoms. The summed E-state index contributed by atoms with van der Waals surface area (Å²) >= 11 is 0. The molecule has 0 radical (unpaired) electrons. The first-order chi connectivity index (χ1) is 7.06. The van der Waals surface area contributed by atoms with Crippen LogP contribution in [-0.2, 0) is 11.2 Å². The van der Waals surface area contributed by atoms with Gasteiger partial charge in [-0.2, -0.15) is 0 Å². The molecule has 82 valence electrons. The molecule has 1 heterocycles. The predicted molar refractivity (Wildman–Crippen MR) is 56.8 cm³/mol. The Kier molecular flexibility index (Phi) is 2.41. The van der Waals surface area contributed by atoms with E-state index >= 15 is 0 Å². The van der Waals surface area contributed by atoms with E-state index < -0.39 is 0 Å². The van der Waals surface area contributed by atoms with Crippen LogP contribution in [0.2, 0.25) is 0 Å². The molecule has 0 saturated carbocycles. The second-order valence-electron chi connectivity index (χ2n) is 5.07. The molecule has 1 atom stereocenters. The SMILES string of the molecule is Cc1noc2c1CCCC(C)(C)C2C=O. The van der Waals surface area contributed by atoms with Crippen molar-refractivity contribution in [2.45, 2.75) is 46.0 Å². The van der Waals surface area contributed by atoms with Crippen LogP contribution in [0, 0.1) is 12.3 Å². The molecule has 1 aliphatic carbocycles. The number of hydrogen-bond acceptors (Lipinski definition) is 3. The van der Waals surface area contributed by atoms with Crippen molar-refractivity contribution < 1.29 is 9.32 Å². The number of carbonyl (C=O) groups is 1. The second-order valence-corrected chi connectivity index (χ2v) is 5.07. The highest BCUT2D eigenvalue weighted by molar-refractivity contribution is 5.63. The fourth-order valence-electron chi connectivity index (χ4n) is 2.43. The number of nitrogens with zero attached hydrogens (tertiary/aromatic N) is 1. The van der Waals surface area contributed by atoms with Crippen LogP contribution >= 0.6 is 0 Å². The molecular weight excluding hydrogens is 190 g/mol. The van der Waals surface area contributed by atoms with E-state index in [2.05, 4.69) is 19.0 Å². The molecule has 3 nitrogen and oxygen atoms in total. The minimum Gasteiger partial charge on any atom is -0.360 e. The van der Waals surface area contributed by atoms with E-state index in [0.29, 0.717) is 0 Å². The molecule has 2 rings (SSSR count). The van der Waals surface area contributed by atoms with E-state index in [1.165, 1.54) is 0 Å². The third kappa shape index (κ3) is 1.60. The molecule has 0 saturated heterocycles. The highest BCUT2D eigenvalue weighted by Gasteiger charge is 2.37. The molecule has 0 aromatic carbocycles. The van der Waals surface area contributed by atoms with Crippen LogP contribution in [0.3, 0.4) is 0 Å². The standard InChI is InChI=1S/C12H17NO2/c1-8-9-5-4-6-12(2,3)10(7-14)11(9)15-13-8/h7,10H,4-6H2,1-3H3. The van der Waals surface area contributed by atoms with Crippen molar-refractivity contribution in [2.24, 2.45) is 5.41 Å². The fourth-order valence-corrected chi connectivity index (χ4v) is 2.43. The van der Waals surface area contributed by atoms with Gasteiger partial charge in [-0.05, 0) is 31.6 Å². The molecule has 1 aromatic heterocycles. The van der Waals surface area contributed by atoms with Gasteiger partial charge in [0.05, 0.1) is 11.6 Å². The molecule has 0 N–H and O–H groups in total. The molecule has 1 aromatic rings. The summed E-state index contributed by atoms with van der Waals surface area (Å²) in [6, 6.07) is 0. The van der Waals surface area contributed by atoms with Crippen molar-refractivity contribution in [3.8, 4) is 0 Å². The van der Waals surface area contributed by atoms with Crippen molar-refractivity contribution in [3.05, 3.63) is 17.0 Å². The second kappa shape index (κ2) is 3.47. The largest absolute Gasteiger partial charge is 0.360 e. The van der Waals surface area contributed by atoms with Gasteiger partial charge in [0.25, 0.3) is 0 Å². The van der Waals surface area contributed by atoms with Gasteiger partial charge in [-0.3, -0.25) is 0 Å². The lowest BCUT2D eigenvalue weighted by molar-refractivity contribution is -0.111. The van der Waals surface area contributed by atoms with Crippen LogP contribution in [-0.4, -0.2) is 11.4 Å². The van der Waals surface area contributed by atoms with E-state index in [-0.39, 0.29) is 11.3 Å². The van der Waals surface area contributed by atoms with Crippen LogP contribution in [0.25, 0.3) is 0 Å². The number of aldehydes is 1. The van der Waals surface area contributed by atoms with Gasteiger partial charge < -0.3 is 9.32 Å². The first-order valence-corrected chi connectivity index (χ1v) is 5.46. The molecule has 0 aliphatic heterocycles. The Balaban J connectivity index is 2.51. The first kappa shape index (κ1) is 10.4. The Bertz CT molecular complexity index is 379. The zero-order chi connectivity index (χ0) is 11.1. The maximum absolute atomic E-state index is 11.2. The lowest BCUT2D eigenvalue weighted by atomic mass is 9.76. The number of carbonyl (C=O) groups excluding carboxylic acids is 1. The number of aromatic nitrogens is 1. The highest BCUT2D eigenvalue weighted by Crippen LogP contribution is 2.43. The quantitative estimate of drug-likeness (QED) is 0.525. The van der Waals surface area contributed by atoms with E-state index in [1.807, 2.05) is 6.92 Å². The minimum atomic E-state index is -0.142. The molecule has 1 unspecified atom stereocenters. The van der Waals surface area contributed by atoms with Gasteiger partial charge in [0.1, 0.15) is 6.29 Å². The highest BCUT2D eigenvalue weighted by atomic mass is 16.5. The third-order valence-electron chi connectivity index (χ3n) is 3.52. The summed E-state index contributed by atoms with van der Waals surface area (Å²) in [7, 11) is 0. The summed E-state index contributed by atoms with van der Waals surface area (Å²) in [5.74, 6) is 0.654. The summed E-state index contributed by atoms with van der Waals surface area (Å²) in [5.41, 5.74) is 2.08. The minimum absolute atomic E-state index is 0.0149. The zero-order valence-electron chi connectivity index (χ0n) is 9.54. The Labute approximate surface area is 89.8 Å². The molecule has 0 fully saturated rings. The Morgan fingerprint density at radius 3 is 2.93 bits per heavy atom. The van der Waals surface area contributed by atoms with Gasteiger partial charge in [0.2, 0.25) is 0 Å². The normalized spacial score (nSPS) is 24.3. The van der Waals surface area contributed by atoms with Gasteiger partial charge in [0, 0.05) is 5.56 Å². The third-order valence-corrected chi connectivity index (χ3v) is 3.52. The molecule has 0 amide bonds. The zero-order valence-corrected chi connectivity index (χ0v) is 9.54. The van der Waals surface area contributed by atoms with Gasteiger partial charge in [-0.25, -0.2) is 0 Å². The van der Waals surface area contributed by atoms with Gasteiger partial charge in [-0.1, -0.05) is 19.0 Å². The number of hydrogen-bond donors (Lipinski definition) is 0. The lowest BCUT2D eigenvalue weighted by Crippen LogP contribution is -2.22. The van der Waals surface area contributed by atoms with Crippen molar-refractivity contribution >= 4 is 6.29 Å². The van der Waals surface area contributed by atoms with Crippen LogP contribution < -0.4 is 0 Å². The van der Waals surface area contributed by atoms with Crippen LogP contribution in [0.15, 0.2) is 4.52 Å². The summed E-state index contributed by atoms with van der Waals surface area (Å²) in [6.07, 6.45) is 4.15. The summed E-state index contributed by atoms with van der Waals surface area (Å²) < 4.78 is 5.32. The van der Waals surface area contributed by atoms with E-state index in [4.69, 9.17) is 4.52 Å². The van der Waals surface area contributed by atoms with Crippen molar-refractivity contribution in [3.63, 3.8) is 0 Å². The number of fused-ring (bicyclic) bond motifs is 1. The van der Waals surface area contributed by atoms with Crippen molar-refractivity contribution in [1.29, 1.82) is 0 Å². The van der Waals surface area contributed by atoms with Gasteiger partial charge in [-0.15, -0.1) is 0 Å². The van der Waals surface area contributed by atoms with Crippen LogP contribution in [0.5, 0.6) is 0 Å².